The van der Waals surface area contributed by atoms with Gasteiger partial charge in [-0.2, -0.15) is 0 Å². The maximum Gasteiger partial charge on any atom is 0.253 e. The van der Waals surface area contributed by atoms with Crippen molar-refractivity contribution >= 4 is 17.5 Å². The van der Waals surface area contributed by atoms with Crippen molar-refractivity contribution in [3.8, 4) is 0 Å². The van der Waals surface area contributed by atoms with Gasteiger partial charge in [0.15, 0.2) is 0 Å². The molecule has 1 fully saturated rings. The largest absolute Gasteiger partial charge is 0.347 e. The minimum atomic E-state index is -0.0300. The van der Waals surface area contributed by atoms with Crippen LogP contribution in [0.15, 0.2) is 12.1 Å². The van der Waals surface area contributed by atoms with Crippen LogP contribution in [-0.2, 0) is 6.42 Å². The highest BCUT2D eigenvalue weighted by Crippen LogP contribution is 2.35. The zero-order chi connectivity index (χ0) is 12.0. The fourth-order valence-corrected chi connectivity index (χ4v) is 3.16. The molecule has 17 heavy (non-hydrogen) atoms. The van der Waals surface area contributed by atoms with E-state index in [1.807, 2.05) is 6.07 Å². The van der Waals surface area contributed by atoms with Gasteiger partial charge in [0.1, 0.15) is 0 Å². The molecule has 0 bridgehead atoms. The number of nitrogens with one attached hydrogen (secondary N) is 2. The Labute approximate surface area is 106 Å². The van der Waals surface area contributed by atoms with Crippen LogP contribution in [-0.4, -0.2) is 25.0 Å². The van der Waals surface area contributed by atoms with Crippen LogP contribution >= 0.6 is 11.6 Å². The molecular weight excluding hydrogens is 236 g/mol. The summed E-state index contributed by atoms with van der Waals surface area (Å²) in [6, 6.07) is 4.27. The van der Waals surface area contributed by atoms with E-state index in [4.69, 9.17) is 11.6 Å². The monoisotopic (exact) mass is 250 g/mol. The average molecular weight is 251 g/mol. The summed E-state index contributed by atoms with van der Waals surface area (Å²) in [6.45, 7) is 3.87. The molecule has 3 nitrogen and oxygen atoms in total. The van der Waals surface area contributed by atoms with Crippen LogP contribution < -0.4 is 10.6 Å². The molecule has 1 aromatic rings. The van der Waals surface area contributed by atoms with Crippen molar-refractivity contribution in [3.63, 3.8) is 0 Å². The molecule has 0 radical (unpaired) electrons. The van der Waals surface area contributed by atoms with Gasteiger partial charge in [0.2, 0.25) is 0 Å². The first-order chi connectivity index (χ1) is 8.20. The Hall–Kier alpha value is -1.06. The Kier molecular flexibility index (Phi) is 2.60. The Morgan fingerprint density at radius 1 is 1.41 bits per heavy atom. The number of rotatable bonds is 1. The van der Waals surface area contributed by atoms with E-state index in [0.717, 1.165) is 25.1 Å². The van der Waals surface area contributed by atoms with Crippen LogP contribution in [0.25, 0.3) is 0 Å². The molecule has 1 amide bonds. The lowest BCUT2D eigenvalue weighted by atomic mass is 9.85. The Bertz CT molecular complexity index is 487. The van der Waals surface area contributed by atoms with Crippen LogP contribution in [0.4, 0.5) is 0 Å². The standard InChI is InChI=1S/C13H15ClN2O/c1-2-7-3-8-9-5-15-6-11(9)16-13(17)12(8)10(14)4-7/h3-4,9,11,15H,2,5-6H2,1H3,(H,16,17)/t9-,11+/m0/s1. The van der Waals surface area contributed by atoms with Crippen molar-refractivity contribution in [2.75, 3.05) is 13.1 Å². The van der Waals surface area contributed by atoms with Crippen LogP contribution in [0.5, 0.6) is 0 Å². The summed E-state index contributed by atoms with van der Waals surface area (Å²) >= 11 is 6.23. The maximum absolute atomic E-state index is 12.0. The van der Waals surface area contributed by atoms with E-state index in [1.54, 1.807) is 0 Å². The third kappa shape index (κ3) is 1.65. The number of fused-ring (bicyclic) bond motifs is 3. The van der Waals surface area contributed by atoms with Gasteiger partial charge in [-0.25, -0.2) is 0 Å². The number of aryl methyl sites for hydroxylation is 1. The van der Waals surface area contributed by atoms with Crippen LogP contribution in [0.1, 0.15) is 34.3 Å². The predicted molar refractivity (Wildman–Crippen MR) is 67.7 cm³/mol. The topological polar surface area (TPSA) is 41.1 Å². The number of halogens is 1. The van der Waals surface area contributed by atoms with E-state index in [2.05, 4.69) is 23.6 Å². The van der Waals surface area contributed by atoms with E-state index in [9.17, 15) is 4.79 Å². The fraction of sp³-hybridized carbons (Fsp3) is 0.462. The van der Waals surface area contributed by atoms with E-state index in [-0.39, 0.29) is 11.9 Å². The molecule has 3 rings (SSSR count). The van der Waals surface area contributed by atoms with Crippen molar-refractivity contribution in [1.29, 1.82) is 0 Å². The second kappa shape index (κ2) is 4.00. The first-order valence-corrected chi connectivity index (χ1v) is 6.42. The number of carbonyl (C=O) groups is 1. The maximum atomic E-state index is 12.0. The third-order valence-corrected chi connectivity index (χ3v) is 4.04. The molecule has 2 atom stereocenters. The molecule has 2 N–H and O–H groups in total. The highest BCUT2D eigenvalue weighted by Gasteiger charge is 2.37. The van der Waals surface area contributed by atoms with Gasteiger partial charge < -0.3 is 10.6 Å². The lowest BCUT2D eigenvalue weighted by Crippen LogP contribution is -2.44. The van der Waals surface area contributed by atoms with Crippen molar-refractivity contribution in [2.24, 2.45) is 0 Å². The second-order valence-corrected chi connectivity index (χ2v) is 5.15. The molecule has 0 aromatic heterocycles. The zero-order valence-corrected chi connectivity index (χ0v) is 10.5. The normalized spacial score (nSPS) is 26.4. The summed E-state index contributed by atoms with van der Waals surface area (Å²) in [5.74, 6) is 0.337. The number of carbonyl (C=O) groups excluding carboxylic acids is 1. The van der Waals surface area contributed by atoms with Gasteiger partial charge in [0, 0.05) is 25.0 Å². The highest BCUT2D eigenvalue weighted by molar-refractivity contribution is 6.34. The lowest BCUT2D eigenvalue weighted by molar-refractivity contribution is 0.0924. The zero-order valence-electron chi connectivity index (χ0n) is 9.72. The number of benzene rings is 1. The van der Waals surface area contributed by atoms with Crippen molar-refractivity contribution in [2.45, 2.75) is 25.3 Å². The van der Waals surface area contributed by atoms with Crippen molar-refractivity contribution < 1.29 is 4.79 Å². The molecule has 0 aliphatic carbocycles. The smallest absolute Gasteiger partial charge is 0.253 e. The molecule has 0 spiro atoms. The first-order valence-electron chi connectivity index (χ1n) is 6.04. The predicted octanol–water partition coefficient (Wildman–Crippen LogP) is 1.70. The minimum Gasteiger partial charge on any atom is -0.347 e. The SMILES string of the molecule is CCc1cc(Cl)c2c(c1)[C@@H]1CNC[C@H]1NC2=O. The van der Waals surface area contributed by atoms with Gasteiger partial charge in [-0.05, 0) is 23.6 Å². The highest BCUT2D eigenvalue weighted by atomic mass is 35.5. The van der Waals surface area contributed by atoms with Gasteiger partial charge in [-0.1, -0.05) is 24.6 Å². The summed E-state index contributed by atoms with van der Waals surface area (Å²) in [6.07, 6.45) is 0.944. The van der Waals surface area contributed by atoms with Crippen molar-refractivity contribution in [3.05, 3.63) is 33.8 Å². The molecule has 0 unspecified atom stereocenters. The summed E-state index contributed by atoms with van der Waals surface area (Å²) in [5.41, 5.74) is 3.00. The lowest BCUT2D eigenvalue weighted by Gasteiger charge is -2.29. The van der Waals surface area contributed by atoms with Gasteiger partial charge in [-0.15, -0.1) is 0 Å². The quantitative estimate of drug-likeness (QED) is 0.797. The Morgan fingerprint density at radius 3 is 3.00 bits per heavy atom. The molecule has 2 aliphatic heterocycles. The number of hydrogen-bond donors (Lipinski definition) is 2. The molecule has 2 heterocycles. The second-order valence-electron chi connectivity index (χ2n) is 4.74. The molecule has 1 aromatic carbocycles. The molecule has 1 saturated heterocycles. The molecule has 4 heteroatoms. The summed E-state index contributed by atoms with van der Waals surface area (Å²) in [5, 5.41) is 6.94. The van der Waals surface area contributed by atoms with Gasteiger partial charge in [-0.3, -0.25) is 4.79 Å². The fourth-order valence-electron chi connectivity index (χ4n) is 2.82. The summed E-state index contributed by atoms with van der Waals surface area (Å²) in [4.78, 5) is 12.0. The van der Waals surface area contributed by atoms with Gasteiger partial charge in [0.05, 0.1) is 10.6 Å². The minimum absolute atomic E-state index is 0.0300. The van der Waals surface area contributed by atoms with E-state index < -0.39 is 0 Å². The molecule has 0 saturated carbocycles. The molecule has 2 aliphatic rings. The van der Waals surface area contributed by atoms with Gasteiger partial charge in [0.25, 0.3) is 5.91 Å². The van der Waals surface area contributed by atoms with E-state index in [0.29, 0.717) is 16.5 Å². The first kappa shape index (κ1) is 11.1. The van der Waals surface area contributed by atoms with Crippen LogP contribution in [0.3, 0.4) is 0 Å². The van der Waals surface area contributed by atoms with Crippen LogP contribution in [0, 0.1) is 0 Å². The van der Waals surface area contributed by atoms with Crippen molar-refractivity contribution in [1.82, 2.24) is 10.6 Å². The number of hydrogen-bond acceptors (Lipinski definition) is 2. The van der Waals surface area contributed by atoms with Gasteiger partial charge >= 0.3 is 0 Å². The molecular formula is C13H15ClN2O. The average Bonchev–Trinajstić information content (AvgIpc) is 2.76. The van der Waals surface area contributed by atoms with E-state index in [1.165, 1.54) is 5.56 Å². The Balaban J connectivity index is 2.17. The number of amides is 1. The third-order valence-electron chi connectivity index (χ3n) is 3.75. The Morgan fingerprint density at radius 2 is 2.24 bits per heavy atom. The van der Waals surface area contributed by atoms with E-state index >= 15 is 0 Å². The molecule has 90 valence electrons. The summed E-state index contributed by atoms with van der Waals surface area (Å²) in [7, 11) is 0. The summed E-state index contributed by atoms with van der Waals surface area (Å²) < 4.78 is 0. The van der Waals surface area contributed by atoms with Crippen LogP contribution in [0.2, 0.25) is 5.02 Å².